The molecule has 3 aromatic rings. The fraction of sp³-hybridized carbons (Fsp3) is 0.292. The van der Waals surface area contributed by atoms with E-state index in [0.717, 1.165) is 11.3 Å². The summed E-state index contributed by atoms with van der Waals surface area (Å²) in [6.45, 7) is 3.02. The Morgan fingerprint density at radius 2 is 1.94 bits per heavy atom. The maximum absolute atomic E-state index is 12.9. The number of ether oxygens (including phenoxy) is 2. The van der Waals surface area contributed by atoms with E-state index in [0.29, 0.717) is 59.3 Å². The van der Waals surface area contributed by atoms with Crippen LogP contribution in [0.4, 0.5) is 0 Å². The van der Waals surface area contributed by atoms with Crippen LogP contribution in [0, 0.1) is 6.92 Å². The predicted octanol–water partition coefficient (Wildman–Crippen LogP) is 3.28. The number of amidine groups is 1. The molecule has 0 aliphatic carbocycles. The second-order valence-corrected chi connectivity index (χ2v) is 9.17. The molecule has 0 radical (unpaired) electrons. The molecule has 0 spiro atoms. The molecule has 0 saturated carbocycles. The van der Waals surface area contributed by atoms with Crippen LogP contribution in [0.2, 0.25) is 0 Å². The number of aryl methyl sites for hydroxylation is 1. The van der Waals surface area contributed by atoms with Crippen molar-refractivity contribution in [2.45, 2.75) is 19.4 Å². The summed E-state index contributed by atoms with van der Waals surface area (Å²) in [5.74, 6) is 2.63. The van der Waals surface area contributed by atoms with Crippen molar-refractivity contribution in [2.75, 3.05) is 25.9 Å². The summed E-state index contributed by atoms with van der Waals surface area (Å²) in [5, 5.41) is 11.3. The third-order valence-electron chi connectivity index (χ3n) is 5.47. The third-order valence-corrected chi connectivity index (χ3v) is 6.36. The number of likely N-dealkylation sites (N-methyl/N-ethyl adjacent to an activating group) is 1. The van der Waals surface area contributed by atoms with Gasteiger partial charge in [0.15, 0.2) is 11.3 Å². The zero-order chi connectivity index (χ0) is 24.4. The number of amides is 2. The van der Waals surface area contributed by atoms with Gasteiger partial charge in [-0.1, -0.05) is 11.8 Å². The van der Waals surface area contributed by atoms with Crippen LogP contribution >= 0.6 is 11.8 Å². The highest BCUT2D eigenvalue weighted by atomic mass is 32.2. The first-order valence-electron chi connectivity index (χ1n) is 11.1. The van der Waals surface area contributed by atoms with E-state index >= 15 is 0 Å². The van der Waals surface area contributed by atoms with Gasteiger partial charge in [-0.3, -0.25) is 14.6 Å². The number of nitrogens with zero attached hydrogens (tertiary/aromatic N) is 4. The number of hydrogen-bond acceptors (Lipinski definition) is 9. The highest BCUT2D eigenvalue weighted by molar-refractivity contribution is 8.14. The van der Waals surface area contributed by atoms with Crippen molar-refractivity contribution in [3.63, 3.8) is 0 Å². The SMILES string of the molecule is Cc1nnc(-c2ccc(Oc3cc(OC4CCN(C)C4=O)cc(C(=O)NC4=NCCS4)c3)cc2)o1. The van der Waals surface area contributed by atoms with Crippen LogP contribution in [0.25, 0.3) is 11.5 Å². The summed E-state index contributed by atoms with van der Waals surface area (Å²) in [5.41, 5.74) is 1.10. The standard InChI is InChI=1S/C24H23N5O5S/c1-14-27-28-22(32-14)15-3-5-17(6-4-15)33-18-11-16(21(30)26-24-25-8-10-35-24)12-19(13-18)34-20-7-9-29(2)23(20)31/h3-6,11-13,20H,7-10H2,1-2H3,(H,25,26,30). The summed E-state index contributed by atoms with van der Waals surface area (Å²) in [7, 11) is 1.74. The molecule has 2 aliphatic rings. The number of aromatic nitrogens is 2. The Balaban J connectivity index is 1.38. The third kappa shape index (κ3) is 5.29. The van der Waals surface area contributed by atoms with E-state index < -0.39 is 6.10 Å². The number of benzene rings is 2. The minimum atomic E-state index is -0.599. The number of carbonyl (C=O) groups excluding carboxylic acids is 2. The Kier molecular flexibility index (Phi) is 6.41. The molecule has 1 fully saturated rings. The van der Waals surface area contributed by atoms with Crippen LogP contribution < -0.4 is 14.8 Å². The first kappa shape index (κ1) is 22.9. The van der Waals surface area contributed by atoms with Crippen molar-refractivity contribution < 1.29 is 23.5 Å². The van der Waals surface area contributed by atoms with Crippen molar-refractivity contribution in [2.24, 2.45) is 4.99 Å². The molecule has 2 aliphatic heterocycles. The molecule has 1 unspecified atom stereocenters. The average molecular weight is 494 g/mol. The fourth-order valence-corrected chi connectivity index (χ4v) is 4.41. The molecule has 5 rings (SSSR count). The summed E-state index contributed by atoms with van der Waals surface area (Å²) in [6.07, 6.45) is -0.0236. The smallest absolute Gasteiger partial charge is 0.263 e. The lowest BCUT2D eigenvalue weighted by Gasteiger charge is -2.16. The second kappa shape index (κ2) is 9.79. The Morgan fingerprint density at radius 1 is 1.14 bits per heavy atom. The quantitative estimate of drug-likeness (QED) is 0.556. The van der Waals surface area contributed by atoms with Gasteiger partial charge in [-0.2, -0.15) is 0 Å². The topological polar surface area (TPSA) is 119 Å². The molecule has 11 heteroatoms. The molecular weight excluding hydrogens is 470 g/mol. The van der Waals surface area contributed by atoms with E-state index in [4.69, 9.17) is 13.9 Å². The van der Waals surface area contributed by atoms with Crippen LogP contribution in [0.5, 0.6) is 17.2 Å². The Bertz CT molecular complexity index is 1290. The average Bonchev–Trinajstić information content (AvgIpc) is 3.59. The van der Waals surface area contributed by atoms with Gasteiger partial charge in [0.1, 0.15) is 17.2 Å². The van der Waals surface area contributed by atoms with Gasteiger partial charge in [0.25, 0.3) is 11.8 Å². The van der Waals surface area contributed by atoms with Crippen molar-refractivity contribution >= 4 is 28.7 Å². The highest BCUT2D eigenvalue weighted by Crippen LogP contribution is 2.31. The lowest BCUT2D eigenvalue weighted by molar-refractivity contribution is -0.132. The molecule has 35 heavy (non-hydrogen) atoms. The van der Waals surface area contributed by atoms with Gasteiger partial charge < -0.3 is 24.1 Å². The van der Waals surface area contributed by atoms with Crippen LogP contribution in [0.3, 0.4) is 0 Å². The fourth-order valence-electron chi connectivity index (χ4n) is 3.69. The van der Waals surface area contributed by atoms with Gasteiger partial charge in [0, 0.05) is 49.9 Å². The lowest BCUT2D eigenvalue weighted by Crippen LogP contribution is -2.30. The van der Waals surface area contributed by atoms with E-state index in [9.17, 15) is 9.59 Å². The van der Waals surface area contributed by atoms with Crippen molar-refractivity contribution in [3.8, 4) is 28.7 Å². The van der Waals surface area contributed by atoms with Crippen LogP contribution in [-0.2, 0) is 4.79 Å². The normalized spacial score (nSPS) is 17.4. The van der Waals surface area contributed by atoms with Crippen molar-refractivity contribution in [3.05, 3.63) is 53.9 Å². The number of carbonyl (C=O) groups is 2. The summed E-state index contributed by atoms with van der Waals surface area (Å²) >= 11 is 1.49. The largest absolute Gasteiger partial charge is 0.480 e. The number of likely N-dealkylation sites (tertiary alicyclic amines) is 1. The Hall–Kier alpha value is -3.86. The molecule has 2 aromatic carbocycles. The monoisotopic (exact) mass is 493 g/mol. The molecule has 1 saturated heterocycles. The molecule has 1 N–H and O–H groups in total. The molecule has 1 atom stereocenters. The van der Waals surface area contributed by atoms with E-state index in [1.807, 2.05) is 0 Å². The van der Waals surface area contributed by atoms with Gasteiger partial charge in [-0.25, -0.2) is 0 Å². The number of hydrogen-bond donors (Lipinski definition) is 1. The van der Waals surface area contributed by atoms with Gasteiger partial charge in [-0.05, 0) is 36.4 Å². The molecule has 3 heterocycles. The number of aliphatic imine (C=N–C) groups is 1. The summed E-state index contributed by atoms with van der Waals surface area (Å²) in [6, 6.07) is 12.0. The number of thioether (sulfide) groups is 1. The van der Waals surface area contributed by atoms with Crippen molar-refractivity contribution in [1.82, 2.24) is 20.4 Å². The van der Waals surface area contributed by atoms with Crippen LogP contribution in [0.1, 0.15) is 22.7 Å². The van der Waals surface area contributed by atoms with Gasteiger partial charge in [0.2, 0.25) is 11.8 Å². The van der Waals surface area contributed by atoms with Crippen LogP contribution in [-0.4, -0.2) is 64.1 Å². The van der Waals surface area contributed by atoms with Crippen molar-refractivity contribution in [1.29, 1.82) is 0 Å². The Labute approximate surface area is 205 Å². The summed E-state index contributed by atoms with van der Waals surface area (Å²) in [4.78, 5) is 31.1. The van der Waals surface area contributed by atoms with E-state index in [2.05, 4.69) is 20.5 Å². The Morgan fingerprint density at radius 3 is 2.60 bits per heavy atom. The second-order valence-electron chi connectivity index (χ2n) is 8.09. The van der Waals surface area contributed by atoms with Gasteiger partial charge in [-0.15, -0.1) is 10.2 Å². The molecule has 180 valence electrons. The molecule has 0 bridgehead atoms. The first-order valence-corrected chi connectivity index (χ1v) is 12.1. The maximum Gasteiger partial charge on any atom is 0.263 e. The van der Waals surface area contributed by atoms with Gasteiger partial charge in [0.05, 0.1) is 6.54 Å². The number of rotatable bonds is 6. The minimum Gasteiger partial charge on any atom is -0.480 e. The first-order chi connectivity index (χ1) is 16.9. The van der Waals surface area contributed by atoms with E-state index in [-0.39, 0.29) is 11.8 Å². The molecule has 2 amide bonds. The zero-order valence-corrected chi connectivity index (χ0v) is 20.0. The lowest BCUT2D eigenvalue weighted by atomic mass is 10.1. The maximum atomic E-state index is 12.9. The number of nitrogens with one attached hydrogen (secondary N) is 1. The summed E-state index contributed by atoms with van der Waals surface area (Å²) < 4.78 is 17.4. The van der Waals surface area contributed by atoms with Crippen LogP contribution in [0.15, 0.2) is 51.9 Å². The predicted molar refractivity (Wildman–Crippen MR) is 130 cm³/mol. The van der Waals surface area contributed by atoms with E-state index in [1.165, 1.54) is 11.8 Å². The highest BCUT2D eigenvalue weighted by Gasteiger charge is 2.31. The zero-order valence-electron chi connectivity index (χ0n) is 19.2. The van der Waals surface area contributed by atoms with E-state index in [1.54, 1.807) is 61.3 Å². The minimum absolute atomic E-state index is 0.0918. The molecular formula is C24H23N5O5S. The van der Waals surface area contributed by atoms with Gasteiger partial charge >= 0.3 is 0 Å². The molecule has 1 aromatic heterocycles. The molecule has 10 nitrogen and oxygen atoms in total.